The minimum Gasteiger partial charge on any atom is -0.384 e. The number of thiophene rings is 1. The first-order valence-corrected chi connectivity index (χ1v) is 7.07. The van der Waals surface area contributed by atoms with E-state index in [-0.39, 0.29) is 5.78 Å². The Hall–Kier alpha value is -1.61. The molecule has 0 unspecified atom stereocenters. The van der Waals surface area contributed by atoms with Gasteiger partial charge in [-0.3, -0.25) is 4.79 Å². The van der Waals surface area contributed by atoms with Crippen molar-refractivity contribution in [2.45, 2.75) is 19.8 Å². The molecule has 1 N–H and O–H groups in total. The molecule has 0 fully saturated rings. The number of aryl methyl sites for hydroxylation is 1. The van der Waals surface area contributed by atoms with Crippen LogP contribution < -0.4 is 5.32 Å². The number of ketones is 1. The van der Waals surface area contributed by atoms with Crippen molar-refractivity contribution >= 4 is 22.8 Å². The van der Waals surface area contributed by atoms with Gasteiger partial charge in [-0.15, -0.1) is 11.3 Å². The average molecular weight is 259 g/mol. The molecular formula is C15H17NOS. The number of anilines is 1. The normalized spacial score (nSPS) is 10.3. The summed E-state index contributed by atoms with van der Waals surface area (Å²) in [6, 6.07) is 12.0. The van der Waals surface area contributed by atoms with Crippen LogP contribution in [0.5, 0.6) is 0 Å². The predicted octanol–water partition coefficient (Wildman–Crippen LogP) is 4.00. The second-order valence-electron chi connectivity index (χ2n) is 4.09. The van der Waals surface area contributed by atoms with Gasteiger partial charge in [0.2, 0.25) is 0 Å². The lowest BCUT2D eigenvalue weighted by Crippen LogP contribution is -2.09. The van der Waals surface area contributed by atoms with E-state index >= 15 is 0 Å². The summed E-state index contributed by atoms with van der Waals surface area (Å²) in [5.41, 5.74) is 2.43. The smallest absolute Gasteiger partial charge is 0.174 e. The fourth-order valence-corrected chi connectivity index (χ4v) is 2.57. The molecule has 2 nitrogen and oxygen atoms in total. The quantitative estimate of drug-likeness (QED) is 0.795. The molecule has 0 bridgehead atoms. The summed E-state index contributed by atoms with van der Waals surface area (Å²) < 4.78 is 0. The number of nitrogens with one attached hydrogen (secondary N) is 1. The summed E-state index contributed by atoms with van der Waals surface area (Å²) in [4.78, 5) is 12.7. The molecule has 0 saturated carbocycles. The average Bonchev–Trinajstić information content (AvgIpc) is 2.93. The molecule has 0 saturated heterocycles. The lowest BCUT2D eigenvalue weighted by Gasteiger charge is -2.09. The summed E-state index contributed by atoms with van der Waals surface area (Å²) in [6.45, 7) is 2.82. The van der Waals surface area contributed by atoms with E-state index in [0.29, 0.717) is 13.0 Å². The summed E-state index contributed by atoms with van der Waals surface area (Å²) >= 11 is 1.51. The molecule has 3 heteroatoms. The molecule has 0 radical (unpaired) electrons. The molecule has 0 aliphatic heterocycles. The lowest BCUT2D eigenvalue weighted by molar-refractivity contribution is 0.0990. The van der Waals surface area contributed by atoms with Gasteiger partial charge in [0.25, 0.3) is 0 Å². The van der Waals surface area contributed by atoms with Crippen LogP contribution >= 0.6 is 11.3 Å². The molecule has 0 aliphatic rings. The van der Waals surface area contributed by atoms with Crippen molar-refractivity contribution in [3.05, 3.63) is 52.2 Å². The highest BCUT2D eigenvalue weighted by atomic mass is 32.1. The molecule has 2 aromatic rings. The topological polar surface area (TPSA) is 29.1 Å². The molecule has 94 valence electrons. The first-order valence-electron chi connectivity index (χ1n) is 6.19. The molecule has 1 heterocycles. The highest BCUT2D eigenvalue weighted by Gasteiger charge is 2.06. The van der Waals surface area contributed by atoms with Crippen LogP contribution in [0.15, 0.2) is 41.8 Å². The second-order valence-corrected chi connectivity index (χ2v) is 5.04. The predicted molar refractivity (Wildman–Crippen MR) is 77.6 cm³/mol. The highest BCUT2D eigenvalue weighted by molar-refractivity contribution is 7.12. The Kier molecular flexibility index (Phi) is 4.53. The molecule has 18 heavy (non-hydrogen) atoms. The number of para-hydroxylation sites is 1. The maximum atomic E-state index is 11.8. The third-order valence-electron chi connectivity index (χ3n) is 2.86. The number of benzene rings is 1. The lowest BCUT2D eigenvalue weighted by atomic mass is 10.1. The van der Waals surface area contributed by atoms with Crippen LogP contribution in [0.3, 0.4) is 0 Å². The van der Waals surface area contributed by atoms with E-state index < -0.39 is 0 Å². The largest absolute Gasteiger partial charge is 0.384 e. The number of Topliss-reactive ketones (excluding diaryl/α,β-unsaturated/α-hetero) is 1. The maximum Gasteiger partial charge on any atom is 0.174 e. The first-order chi connectivity index (χ1) is 8.81. The molecule has 2 rings (SSSR count). The SMILES string of the molecule is CCc1ccccc1NCCC(=O)c1cccs1. The van der Waals surface area contributed by atoms with Crippen LogP contribution in [0.2, 0.25) is 0 Å². The van der Waals surface area contributed by atoms with E-state index in [1.165, 1.54) is 16.9 Å². The van der Waals surface area contributed by atoms with Crippen molar-refractivity contribution in [2.75, 3.05) is 11.9 Å². The van der Waals surface area contributed by atoms with Gasteiger partial charge in [-0.05, 0) is 29.5 Å². The Balaban J connectivity index is 1.87. The number of rotatable bonds is 6. The minimum atomic E-state index is 0.214. The number of hydrogen-bond donors (Lipinski definition) is 1. The van der Waals surface area contributed by atoms with Gasteiger partial charge in [0.1, 0.15) is 0 Å². The van der Waals surface area contributed by atoms with Gasteiger partial charge in [-0.2, -0.15) is 0 Å². The van der Waals surface area contributed by atoms with Crippen molar-refractivity contribution in [3.8, 4) is 0 Å². The molecule has 0 amide bonds. The van der Waals surface area contributed by atoms with E-state index in [0.717, 1.165) is 17.0 Å². The van der Waals surface area contributed by atoms with Crippen LogP contribution in [0.25, 0.3) is 0 Å². The third kappa shape index (κ3) is 3.20. The Morgan fingerprint density at radius 3 is 2.78 bits per heavy atom. The van der Waals surface area contributed by atoms with Gasteiger partial charge < -0.3 is 5.32 Å². The van der Waals surface area contributed by atoms with E-state index in [1.807, 2.05) is 29.6 Å². The van der Waals surface area contributed by atoms with Crippen molar-refractivity contribution in [2.24, 2.45) is 0 Å². The van der Waals surface area contributed by atoms with Crippen molar-refractivity contribution < 1.29 is 4.79 Å². The molecule has 0 spiro atoms. The van der Waals surface area contributed by atoms with Crippen molar-refractivity contribution in [3.63, 3.8) is 0 Å². The fraction of sp³-hybridized carbons (Fsp3) is 0.267. The standard InChI is InChI=1S/C15H17NOS/c1-2-12-6-3-4-7-13(12)16-10-9-14(17)15-8-5-11-18-15/h3-8,11,16H,2,9-10H2,1H3. The molecule has 1 aromatic heterocycles. The van der Waals surface area contributed by atoms with Crippen LogP contribution in [0.4, 0.5) is 5.69 Å². The zero-order valence-corrected chi connectivity index (χ0v) is 11.3. The Bertz CT molecular complexity index is 505. The van der Waals surface area contributed by atoms with Crippen molar-refractivity contribution in [1.82, 2.24) is 0 Å². The Morgan fingerprint density at radius 2 is 2.06 bits per heavy atom. The fourth-order valence-electron chi connectivity index (χ4n) is 1.87. The van der Waals surface area contributed by atoms with Gasteiger partial charge in [0.15, 0.2) is 5.78 Å². The summed E-state index contributed by atoms with van der Waals surface area (Å²) in [7, 11) is 0. The van der Waals surface area contributed by atoms with Crippen LogP contribution in [0, 0.1) is 0 Å². The Morgan fingerprint density at radius 1 is 1.22 bits per heavy atom. The zero-order valence-electron chi connectivity index (χ0n) is 10.5. The van der Waals surface area contributed by atoms with Crippen LogP contribution in [0.1, 0.15) is 28.6 Å². The van der Waals surface area contributed by atoms with E-state index in [4.69, 9.17) is 0 Å². The molecule has 1 aromatic carbocycles. The van der Waals surface area contributed by atoms with Gasteiger partial charge >= 0.3 is 0 Å². The van der Waals surface area contributed by atoms with Crippen LogP contribution in [-0.4, -0.2) is 12.3 Å². The molecule has 0 atom stereocenters. The minimum absolute atomic E-state index is 0.214. The first kappa shape index (κ1) is 12.8. The van der Waals surface area contributed by atoms with E-state index in [1.54, 1.807) is 0 Å². The van der Waals surface area contributed by atoms with Gasteiger partial charge in [-0.1, -0.05) is 31.2 Å². The zero-order chi connectivity index (χ0) is 12.8. The Labute approximate surface area is 112 Å². The van der Waals surface area contributed by atoms with Gasteiger partial charge in [-0.25, -0.2) is 0 Å². The number of carbonyl (C=O) groups is 1. The monoisotopic (exact) mass is 259 g/mol. The summed E-state index contributed by atoms with van der Waals surface area (Å²) in [5.74, 6) is 0.214. The number of hydrogen-bond acceptors (Lipinski definition) is 3. The third-order valence-corrected chi connectivity index (χ3v) is 3.77. The summed E-state index contributed by atoms with van der Waals surface area (Å²) in [5, 5.41) is 5.28. The second kappa shape index (κ2) is 6.36. The molecular weight excluding hydrogens is 242 g/mol. The van der Waals surface area contributed by atoms with E-state index in [9.17, 15) is 4.79 Å². The highest BCUT2D eigenvalue weighted by Crippen LogP contribution is 2.16. The summed E-state index contributed by atoms with van der Waals surface area (Å²) in [6.07, 6.45) is 1.54. The number of carbonyl (C=O) groups excluding carboxylic acids is 1. The molecule has 0 aliphatic carbocycles. The van der Waals surface area contributed by atoms with E-state index in [2.05, 4.69) is 24.4 Å². The maximum absolute atomic E-state index is 11.8. The van der Waals surface area contributed by atoms with Gasteiger partial charge in [0, 0.05) is 18.7 Å². The van der Waals surface area contributed by atoms with Crippen molar-refractivity contribution in [1.29, 1.82) is 0 Å². The van der Waals surface area contributed by atoms with Crippen LogP contribution in [-0.2, 0) is 6.42 Å². The van der Waals surface area contributed by atoms with Gasteiger partial charge in [0.05, 0.1) is 4.88 Å².